The lowest BCUT2D eigenvalue weighted by atomic mass is 10.1. The van der Waals surface area contributed by atoms with Gasteiger partial charge in [-0.3, -0.25) is 9.59 Å². The zero-order valence-electron chi connectivity index (χ0n) is 13.1. The van der Waals surface area contributed by atoms with Gasteiger partial charge in [-0.05, 0) is 51.0 Å². The molecular formula is C17H22N2O2. The molecule has 0 bridgehead atoms. The maximum atomic E-state index is 12.3. The van der Waals surface area contributed by atoms with Gasteiger partial charge in [0, 0.05) is 25.3 Å². The number of nitrogens with zero attached hydrogens (tertiary/aromatic N) is 2. The number of piperazine rings is 1. The molecule has 4 nitrogen and oxygen atoms in total. The van der Waals surface area contributed by atoms with Gasteiger partial charge in [-0.1, -0.05) is 17.7 Å². The Balaban J connectivity index is 2.18. The Bertz CT molecular complexity index is 581. The molecule has 0 atom stereocenters. The average Bonchev–Trinajstić information content (AvgIpc) is 2.39. The normalized spacial score (nSPS) is 15.4. The van der Waals surface area contributed by atoms with E-state index in [-0.39, 0.29) is 0 Å². The number of carbonyl (C=O) groups is 2. The zero-order valence-corrected chi connectivity index (χ0v) is 13.1. The van der Waals surface area contributed by atoms with E-state index in [2.05, 4.69) is 6.07 Å². The number of anilines is 1. The van der Waals surface area contributed by atoms with E-state index in [4.69, 9.17) is 0 Å². The largest absolute Gasteiger partial charge is 0.329 e. The lowest BCUT2D eigenvalue weighted by Crippen LogP contribution is -2.54. The van der Waals surface area contributed by atoms with Crippen LogP contribution < -0.4 is 4.90 Å². The van der Waals surface area contributed by atoms with Gasteiger partial charge in [-0.15, -0.1) is 0 Å². The zero-order chi connectivity index (χ0) is 15.6. The Morgan fingerprint density at radius 3 is 2.24 bits per heavy atom. The summed E-state index contributed by atoms with van der Waals surface area (Å²) < 4.78 is 0. The number of hydrogen-bond acceptors (Lipinski definition) is 2. The number of rotatable bonds is 3. The molecule has 1 aliphatic heterocycles. The second-order valence-corrected chi connectivity index (χ2v) is 5.84. The van der Waals surface area contributed by atoms with E-state index in [1.165, 1.54) is 0 Å². The maximum absolute atomic E-state index is 12.3. The van der Waals surface area contributed by atoms with Crippen molar-refractivity contribution in [3.8, 4) is 0 Å². The lowest BCUT2D eigenvalue weighted by molar-refractivity contribution is -0.145. The van der Waals surface area contributed by atoms with E-state index in [1.54, 1.807) is 9.80 Å². The number of benzene rings is 1. The van der Waals surface area contributed by atoms with Crippen LogP contribution in [0.2, 0.25) is 0 Å². The Morgan fingerprint density at radius 2 is 1.67 bits per heavy atom. The topological polar surface area (TPSA) is 40.6 Å². The molecule has 0 N–H and O–H groups in total. The van der Waals surface area contributed by atoms with Crippen molar-refractivity contribution < 1.29 is 9.59 Å². The molecule has 1 aromatic carbocycles. The van der Waals surface area contributed by atoms with Crippen LogP contribution in [0, 0.1) is 13.8 Å². The molecule has 112 valence electrons. The van der Waals surface area contributed by atoms with Gasteiger partial charge in [0.1, 0.15) is 0 Å². The third-order valence-electron chi connectivity index (χ3n) is 3.55. The summed E-state index contributed by atoms with van der Waals surface area (Å²) in [6.07, 6.45) is 1.97. The molecule has 21 heavy (non-hydrogen) atoms. The van der Waals surface area contributed by atoms with Crippen LogP contribution in [0.15, 0.2) is 29.8 Å². The van der Waals surface area contributed by atoms with Gasteiger partial charge in [-0.2, -0.15) is 0 Å². The molecule has 1 saturated heterocycles. The Hall–Kier alpha value is -2.10. The summed E-state index contributed by atoms with van der Waals surface area (Å²) in [6, 6.07) is 5.95. The first kappa shape index (κ1) is 15.3. The maximum Gasteiger partial charge on any atom is 0.316 e. The molecule has 0 radical (unpaired) electrons. The van der Waals surface area contributed by atoms with Crippen molar-refractivity contribution in [2.24, 2.45) is 0 Å². The Labute approximate surface area is 126 Å². The van der Waals surface area contributed by atoms with E-state index < -0.39 is 11.8 Å². The predicted octanol–water partition coefficient (Wildman–Crippen LogP) is 2.44. The minimum absolute atomic E-state index is 0.419. The molecule has 4 heteroatoms. The second kappa shape index (κ2) is 6.12. The smallest absolute Gasteiger partial charge is 0.316 e. The summed E-state index contributed by atoms with van der Waals surface area (Å²) >= 11 is 0. The molecule has 2 rings (SSSR count). The number of hydrogen-bond donors (Lipinski definition) is 0. The summed E-state index contributed by atoms with van der Waals surface area (Å²) in [4.78, 5) is 27.7. The third-order valence-corrected chi connectivity index (χ3v) is 3.55. The van der Waals surface area contributed by atoms with Crippen LogP contribution in [0.4, 0.5) is 5.69 Å². The first-order chi connectivity index (χ1) is 9.88. The van der Waals surface area contributed by atoms with Crippen LogP contribution in [-0.2, 0) is 9.59 Å². The molecule has 1 fully saturated rings. The predicted molar refractivity (Wildman–Crippen MR) is 84.3 cm³/mol. The van der Waals surface area contributed by atoms with Gasteiger partial charge in [-0.25, -0.2) is 0 Å². The molecule has 0 unspecified atom stereocenters. The van der Waals surface area contributed by atoms with E-state index in [0.717, 1.165) is 22.4 Å². The monoisotopic (exact) mass is 286 g/mol. The Kier molecular flexibility index (Phi) is 4.46. The number of allylic oxidation sites excluding steroid dienone is 1. The van der Waals surface area contributed by atoms with Crippen molar-refractivity contribution >= 4 is 17.5 Å². The molecule has 0 spiro atoms. The quantitative estimate of drug-likeness (QED) is 0.632. The Morgan fingerprint density at radius 1 is 1.05 bits per heavy atom. The van der Waals surface area contributed by atoms with Gasteiger partial charge in [0.2, 0.25) is 0 Å². The van der Waals surface area contributed by atoms with Crippen LogP contribution >= 0.6 is 0 Å². The highest BCUT2D eigenvalue weighted by molar-refractivity contribution is 6.41. The fourth-order valence-electron chi connectivity index (χ4n) is 2.49. The minimum atomic E-state index is -0.437. The van der Waals surface area contributed by atoms with Crippen molar-refractivity contribution in [2.75, 3.05) is 24.5 Å². The van der Waals surface area contributed by atoms with E-state index in [9.17, 15) is 9.59 Å². The standard InChI is InChI=1S/C17H22N2O2/c1-12(2)5-6-18-7-8-19(17(21)16(18)20)15-10-13(3)9-14(4)11-15/h5,9-11H,6-8H2,1-4H3. The first-order valence-electron chi connectivity index (χ1n) is 7.21. The van der Waals surface area contributed by atoms with Gasteiger partial charge in [0.05, 0.1) is 0 Å². The highest BCUT2D eigenvalue weighted by Crippen LogP contribution is 2.21. The summed E-state index contributed by atoms with van der Waals surface area (Å²) in [5.74, 6) is -0.855. The van der Waals surface area contributed by atoms with Crippen LogP contribution in [0.1, 0.15) is 25.0 Å². The molecule has 0 aliphatic carbocycles. The van der Waals surface area contributed by atoms with Crippen molar-refractivity contribution in [3.05, 3.63) is 41.0 Å². The van der Waals surface area contributed by atoms with E-state index in [1.807, 2.05) is 45.9 Å². The minimum Gasteiger partial charge on any atom is -0.329 e. The van der Waals surface area contributed by atoms with Crippen LogP contribution in [0.25, 0.3) is 0 Å². The van der Waals surface area contributed by atoms with Crippen molar-refractivity contribution in [3.63, 3.8) is 0 Å². The summed E-state index contributed by atoms with van der Waals surface area (Å²) in [5, 5.41) is 0. The average molecular weight is 286 g/mol. The van der Waals surface area contributed by atoms with Crippen molar-refractivity contribution in [1.29, 1.82) is 0 Å². The van der Waals surface area contributed by atoms with Gasteiger partial charge < -0.3 is 9.80 Å². The van der Waals surface area contributed by atoms with Crippen molar-refractivity contribution in [2.45, 2.75) is 27.7 Å². The van der Waals surface area contributed by atoms with Crippen LogP contribution in [0.3, 0.4) is 0 Å². The summed E-state index contributed by atoms with van der Waals surface area (Å²) in [5.41, 5.74) is 4.15. The fraction of sp³-hybridized carbons (Fsp3) is 0.412. The molecule has 1 heterocycles. The molecular weight excluding hydrogens is 264 g/mol. The van der Waals surface area contributed by atoms with Gasteiger partial charge >= 0.3 is 11.8 Å². The van der Waals surface area contributed by atoms with Crippen LogP contribution in [0.5, 0.6) is 0 Å². The highest BCUT2D eigenvalue weighted by atomic mass is 16.2. The number of amides is 2. The van der Waals surface area contributed by atoms with Crippen LogP contribution in [-0.4, -0.2) is 36.3 Å². The summed E-state index contributed by atoms with van der Waals surface area (Å²) in [7, 11) is 0. The number of aryl methyl sites for hydroxylation is 2. The van der Waals surface area contributed by atoms with E-state index in [0.29, 0.717) is 19.6 Å². The SMILES string of the molecule is CC(C)=CCN1CCN(c2cc(C)cc(C)c2)C(=O)C1=O. The fourth-order valence-corrected chi connectivity index (χ4v) is 2.49. The number of carbonyl (C=O) groups excluding carboxylic acids is 2. The van der Waals surface area contributed by atoms with Gasteiger partial charge in [0.25, 0.3) is 0 Å². The lowest BCUT2D eigenvalue weighted by Gasteiger charge is -2.33. The molecule has 0 saturated carbocycles. The third kappa shape index (κ3) is 3.51. The van der Waals surface area contributed by atoms with Crippen molar-refractivity contribution in [1.82, 2.24) is 4.90 Å². The first-order valence-corrected chi connectivity index (χ1v) is 7.21. The molecule has 0 aromatic heterocycles. The molecule has 2 amide bonds. The highest BCUT2D eigenvalue weighted by Gasteiger charge is 2.32. The van der Waals surface area contributed by atoms with Gasteiger partial charge in [0.15, 0.2) is 0 Å². The van der Waals surface area contributed by atoms with E-state index >= 15 is 0 Å². The molecule has 1 aromatic rings. The molecule has 1 aliphatic rings. The summed E-state index contributed by atoms with van der Waals surface area (Å²) in [6.45, 7) is 9.58. The second-order valence-electron chi connectivity index (χ2n) is 5.84.